The summed E-state index contributed by atoms with van der Waals surface area (Å²) in [5, 5.41) is 6.22. The normalized spacial score (nSPS) is 16.7. The quantitative estimate of drug-likeness (QED) is 0.827. The van der Waals surface area contributed by atoms with E-state index in [9.17, 15) is 9.59 Å². The van der Waals surface area contributed by atoms with E-state index in [2.05, 4.69) is 33.5 Å². The highest BCUT2D eigenvalue weighted by Crippen LogP contribution is 2.24. The number of nitrogens with zero attached hydrogens (tertiary/aromatic N) is 1. The maximum absolute atomic E-state index is 12.1. The highest BCUT2D eigenvalue weighted by molar-refractivity contribution is 9.10. The van der Waals surface area contributed by atoms with E-state index in [-0.39, 0.29) is 23.9 Å². The van der Waals surface area contributed by atoms with Crippen LogP contribution in [0.1, 0.15) is 26.2 Å². The first-order valence-corrected chi connectivity index (χ1v) is 8.13. The number of rotatable bonds is 4. The van der Waals surface area contributed by atoms with Gasteiger partial charge in [-0.2, -0.15) is 0 Å². The Morgan fingerprint density at radius 2 is 2.14 bits per heavy atom. The van der Waals surface area contributed by atoms with Crippen molar-refractivity contribution in [1.29, 1.82) is 0 Å². The van der Waals surface area contributed by atoms with Gasteiger partial charge in [0.1, 0.15) is 0 Å². The summed E-state index contributed by atoms with van der Waals surface area (Å²) < 4.78 is 1.91. The Labute approximate surface area is 145 Å². The number of hydrogen-bond donors (Lipinski definition) is 2. The van der Waals surface area contributed by atoms with E-state index in [4.69, 9.17) is 0 Å². The fraction of sp³-hybridized carbons (Fsp3) is 0.600. The third kappa shape index (κ3) is 5.11. The number of nitrogens with one attached hydrogen (secondary N) is 2. The van der Waals surface area contributed by atoms with Crippen molar-refractivity contribution < 1.29 is 4.79 Å². The standard InChI is InChI=1S/C15H22BrN3O2.ClH/c1-10(11-3-5-17-6-4-11)7-14(20)18-12-8-13(16)15(21)19(2)9-12;/h8-11,17H,3-7H2,1-2H3,(H,18,20);1H. The molecule has 0 saturated carbocycles. The van der Waals surface area contributed by atoms with Crippen molar-refractivity contribution >= 4 is 39.9 Å². The van der Waals surface area contributed by atoms with Gasteiger partial charge in [-0.3, -0.25) is 9.59 Å². The van der Waals surface area contributed by atoms with Crippen LogP contribution < -0.4 is 16.2 Å². The minimum atomic E-state index is -0.115. The van der Waals surface area contributed by atoms with Crippen LogP contribution in [-0.4, -0.2) is 23.6 Å². The van der Waals surface area contributed by atoms with E-state index in [1.54, 1.807) is 19.3 Å². The molecule has 1 aromatic rings. The second kappa shape index (κ2) is 8.70. The Morgan fingerprint density at radius 1 is 1.50 bits per heavy atom. The van der Waals surface area contributed by atoms with Crippen LogP contribution in [0.25, 0.3) is 0 Å². The minimum Gasteiger partial charge on any atom is -0.325 e. The van der Waals surface area contributed by atoms with Crippen molar-refractivity contribution in [2.45, 2.75) is 26.2 Å². The van der Waals surface area contributed by atoms with E-state index in [1.807, 2.05) is 0 Å². The van der Waals surface area contributed by atoms with Crippen LogP contribution in [-0.2, 0) is 11.8 Å². The van der Waals surface area contributed by atoms with Crippen molar-refractivity contribution in [2.75, 3.05) is 18.4 Å². The zero-order valence-corrected chi connectivity index (χ0v) is 15.3. The fourth-order valence-electron chi connectivity index (χ4n) is 2.82. The number of carbonyl (C=O) groups is 1. The number of piperidine rings is 1. The number of carbonyl (C=O) groups excluding carboxylic acids is 1. The molecule has 1 fully saturated rings. The molecule has 0 bridgehead atoms. The van der Waals surface area contributed by atoms with Gasteiger partial charge in [0.2, 0.25) is 5.91 Å². The fourth-order valence-corrected chi connectivity index (χ4v) is 3.35. The molecule has 22 heavy (non-hydrogen) atoms. The zero-order valence-electron chi connectivity index (χ0n) is 12.9. The molecule has 2 heterocycles. The Hall–Kier alpha value is -0.850. The molecule has 5 nitrogen and oxygen atoms in total. The van der Waals surface area contributed by atoms with Gasteiger partial charge < -0.3 is 15.2 Å². The second-order valence-corrected chi connectivity index (χ2v) is 6.66. The molecule has 1 atom stereocenters. The van der Waals surface area contributed by atoms with Crippen LogP contribution in [0.2, 0.25) is 0 Å². The first-order chi connectivity index (χ1) is 9.97. The predicted molar refractivity (Wildman–Crippen MR) is 94.6 cm³/mol. The minimum absolute atomic E-state index is 0. The molecular weight excluding hydrogens is 370 g/mol. The zero-order chi connectivity index (χ0) is 15.4. The van der Waals surface area contributed by atoms with Crippen LogP contribution in [0.5, 0.6) is 0 Å². The summed E-state index contributed by atoms with van der Waals surface area (Å²) >= 11 is 3.21. The van der Waals surface area contributed by atoms with Crippen molar-refractivity contribution in [3.63, 3.8) is 0 Å². The number of amides is 1. The molecule has 1 aliphatic rings. The summed E-state index contributed by atoms with van der Waals surface area (Å²) in [5.41, 5.74) is 0.530. The first-order valence-electron chi connectivity index (χ1n) is 7.34. The molecule has 1 unspecified atom stereocenters. The lowest BCUT2D eigenvalue weighted by Gasteiger charge is -2.27. The maximum atomic E-state index is 12.1. The van der Waals surface area contributed by atoms with Crippen molar-refractivity contribution in [1.82, 2.24) is 9.88 Å². The molecule has 7 heteroatoms. The van der Waals surface area contributed by atoms with Crippen LogP contribution in [0.3, 0.4) is 0 Å². The van der Waals surface area contributed by atoms with E-state index >= 15 is 0 Å². The average molecular weight is 393 g/mol. The second-order valence-electron chi connectivity index (χ2n) is 5.81. The largest absolute Gasteiger partial charge is 0.325 e. The molecule has 124 valence electrons. The summed E-state index contributed by atoms with van der Waals surface area (Å²) in [5.74, 6) is 0.999. The molecule has 0 spiro atoms. The lowest BCUT2D eigenvalue weighted by atomic mass is 9.84. The maximum Gasteiger partial charge on any atom is 0.264 e. The summed E-state index contributed by atoms with van der Waals surface area (Å²) in [7, 11) is 1.67. The summed E-state index contributed by atoms with van der Waals surface area (Å²) in [6.07, 6.45) is 4.44. The lowest BCUT2D eigenvalue weighted by Crippen LogP contribution is -2.32. The number of halogens is 2. The highest BCUT2D eigenvalue weighted by Gasteiger charge is 2.22. The van der Waals surface area contributed by atoms with Crippen molar-refractivity contribution in [2.24, 2.45) is 18.9 Å². The van der Waals surface area contributed by atoms with E-state index in [0.29, 0.717) is 28.4 Å². The van der Waals surface area contributed by atoms with Crippen LogP contribution in [0, 0.1) is 11.8 Å². The summed E-state index contributed by atoms with van der Waals surface area (Å²) in [4.78, 5) is 23.7. The molecular formula is C15H23BrClN3O2. The van der Waals surface area contributed by atoms with Gasteiger partial charge in [0.25, 0.3) is 5.56 Å². The van der Waals surface area contributed by atoms with E-state index in [1.165, 1.54) is 4.57 Å². The first kappa shape index (κ1) is 19.2. The average Bonchev–Trinajstić information content (AvgIpc) is 2.45. The number of aromatic nitrogens is 1. The highest BCUT2D eigenvalue weighted by atomic mass is 79.9. The molecule has 1 aliphatic heterocycles. The monoisotopic (exact) mass is 391 g/mol. The summed E-state index contributed by atoms with van der Waals surface area (Å²) in [6.45, 7) is 4.24. The number of hydrogen-bond acceptors (Lipinski definition) is 3. The van der Waals surface area contributed by atoms with Gasteiger partial charge in [-0.25, -0.2) is 0 Å². The van der Waals surface area contributed by atoms with Crippen molar-refractivity contribution in [3.05, 3.63) is 27.1 Å². The molecule has 1 amide bonds. The van der Waals surface area contributed by atoms with Crippen LogP contribution >= 0.6 is 28.3 Å². The summed E-state index contributed by atoms with van der Waals surface area (Å²) in [6, 6.07) is 1.65. The van der Waals surface area contributed by atoms with Gasteiger partial charge in [-0.1, -0.05) is 6.92 Å². The van der Waals surface area contributed by atoms with E-state index < -0.39 is 0 Å². The Kier molecular flexibility index (Phi) is 7.59. The van der Waals surface area contributed by atoms with Gasteiger partial charge in [-0.05, 0) is 59.8 Å². The van der Waals surface area contributed by atoms with E-state index in [0.717, 1.165) is 25.9 Å². The SMILES string of the molecule is CC(CC(=O)Nc1cc(Br)c(=O)n(C)c1)C1CCNCC1.Cl. The third-order valence-corrected chi connectivity index (χ3v) is 4.69. The molecule has 2 N–H and O–H groups in total. The Morgan fingerprint density at radius 3 is 2.73 bits per heavy atom. The molecule has 2 rings (SSSR count). The predicted octanol–water partition coefficient (Wildman–Crippen LogP) is 2.53. The van der Waals surface area contributed by atoms with Gasteiger partial charge in [0.05, 0.1) is 10.2 Å². The number of pyridine rings is 1. The van der Waals surface area contributed by atoms with Gasteiger partial charge >= 0.3 is 0 Å². The topological polar surface area (TPSA) is 63.1 Å². The molecule has 0 aromatic carbocycles. The number of aryl methyl sites for hydroxylation is 1. The third-order valence-electron chi connectivity index (χ3n) is 4.12. The number of anilines is 1. The van der Waals surface area contributed by atoms with Gasteiger partial charge in [0, 0.05) is 19.7 Å². The molecule has 0 aliphatic carbocycles. The Bertz CT molecular complexity index is 544. The molecule has 1 aromatic heterocycles. The lowest BCUT2D eigenvalue weighted by molar-refractivity contribution is -0.117. The Balaban J connectivity index is 0.00000242. The van der Waals surface area contributed by atoms with Gasteiger partial charge in [-0.15, -0.1) is 12.4 Å². The molecule has 0 radical (unpaired) electrons. The van der Waals surface area contributed by atoms with Crippen LogP contribution in [0.15, 0.2) is 21.5 Å². The van der Waals surface area contributed by atoms with Crippen LogP contribution in [0.4, 0.5) is 5.69 Å². The van der Waals surface area contributed by atoms with Crippen molar-refractivity contribution in [3.8, 4) is 0 Å². The molecule has 1 saturated heterocycles. The smallest absolute Gasteiger partial charge is 0.264 e. The van der Waals surface area contributed by atoms with Gasteiger partial charge in [0.15, 0.2) is 0 Å².